The fourth-order valence-corrected chi connectivity index (χ4v) is 10.6. The molecule has 0 heterocycles. The molecule has 1 aromatic carbocycles. The van der Waals surface area contributed by atoms with Gasteiger partial charge in [-0.2, -0.15) is 8.78 Å². The lowest BCUT2D eigenvalue weighted by Gasteiger charge is -2.60. The van der Waals surface area contributed by atoms with Crippen molar-refractivity contribution >= 4 is 11.4 Å². The van der Waals surface area contributed by atoms with Crippen LogP contribution in [0.3, 0.4) is 0 Å². The van der Waals surface area contributed by atoms with E-state index in [2.05, 4.69) is 34.6 Å². The van der Waals surface area contributed by atoms with E-state index in [0.29, 0.717) is 34.8 Å². The van der Waals surface area contributed by atoms with Gasteiger partial charge < -0.3 is 16.2 Å². The zero-order chi connectivity index (χ0) is 28.2. The molecular formula is C34H54F2N2O. The predicted octanol–water partition coefficient (Wildman–Crippen LogP) is 9.41. The Bertz CT molecular complexity index is 1010. The van der Waals surface area contributed by atoms with E-state index in [1.165, 1.54) is 69.6 Å². The molecule has 39 heavy (non-hydrogen) atoms. The van der Waals surface area contributed by atoms with Crippen molar-refractivity contribution in [3.05, 3.63) is 23.8 Å². The molecule has 0 aliphatic heterocycles. The van der Waals surface area contributed by atoms with Gasteiger partial charge >= 0.3 is 6.11 Å². The van der Waals surface area contributed by atoms with Crippen molar-refractivity contribution in [1.29, 1.82) is 0 Å². The minimum Gasteiger partial charge on any atom is -0.399 e. The van der Waals surface area contributed by atoms with E-state index in [1.54, 1.807) is 0 Å². The van der Waals surface area contributed by atoms with Gasteiger partial charge in [-0.15, -0.1) is 0 Å². The number of rotatable bonds is 8. The maximum Gasteiger partial charge on any atom is 0.385 e. The molecule has 0 radical (unpaired) electrons. The summed E-state index contributed by atoms with van der Waals surface area (Å²) in [5.41, 5.74) is 12.5. The van der Waals surface area contributed by atoms with Crippen LogP contribution in [0.5, 0.6) is 0 Å². The summed E-state index contributed by atoms with van der Waals surface area (Å²) in [6.45, 7) is 11.9. The van der Waals surface area contributed by atoms with E-state index in [4.69, 9.17) is 16.2 Å². The van der Waals surface area contributed by atoms with Crippen LogP contribution in [0.25, 0.3) is 0 Å². The van der Waals surface area contributed by atoms with Gasteiger partial charge in [0.1, 0.15) is 0 Å². The van der Waals surface area contributed by atoms with Crippen molar-refractivity contribution in [3.8, 4) is 0 Å². The second-order valence-electron chi connectivity index (χ2n) is 15.0. The summed E-state index contributed by atoms with van der Waals surface area (Å²) in [4.78, 5) is 0. The van der Waals surface area contributed by atoms with Crippen LogP contribution in [0.4, 0.5) is 20.2 Å². The van der Waals surface area contributed by atoms with Gasteiger partial charge in [-0.3, -0.25) is 0 Å². The van der Waals surface area contributed by atoms with Crippen LogP contribution in [0.15, 0.2) is 18.2 Å². The van der Waals surface area contributed by atoms with Gasteiger partial charge in [0.05, 0.1) is 11.7 Å². The van der Waals surface area contributed by atoms with E-state index < -0.39 is 12.2 Å². The van der Waals surface area contributed by atoms with E-state index in [0.717, 1.165) is 37.5 Å². The molecule has 0 bridgehead atoms. The van der Waals surface area contributed by atoms with Crippen molar-refractivity contribution in [2.45, 2.75) is 124 Å². The number of hydrogen-bond acceptors (Lipinski definition) is 3. The molecule has 0 saturated heterocycles. The second kappa shape index (κ2) is 10.8. The van der Waals surface area contributed by atoms with Crippen molar-refractivity contribution in [2.24, 2.45) is 52.3 Å². The number of nitrogens with two attached hydrogens (primary N) is 2. The van der Waals surface area contributed by atoms with Gasteiger partial charge in [-0.25, -0.2) is 0 Å². The molecule has 0 spiro atoms. The highest BCUT2D eigenvalue weighted by atomic mass is 19.3. The molecule has 4 fully saturated rings. The van der Waals surface area contributed by atoms with Gasteiger partial charge in [0, 0.05) is 11.4 Å². The van der Waals surface area contributed by atoms with Gasteiger partial charge in [-0.05, 0) is 115 Å². The van der Waals surface area contributed by atoms with E-state index >= 15 is 8.78 Å². The molecule has 5 rings (SSSR count). The largest absolute Gasteiger partial charge is 0.399 e. The zero-order valence-electron chi connectivity index (χ0n) is 25.2. The number of ether oxygens (including phenoxy) is 1. The van der Waals surface area contributed by atoms with Crippen LogP contribution < -0.4 is 11.5 Å². The van der Waals surface area contributed by atoms with Crippen molar-refractivity contribution < 1.29 is 13.5 Å². The summed E-state index contributed by atoms with van der Waals surface area (Å²) >= 11 is 0. The fourth-order valence-electron chi connectivity index (χ4n) is 10.6. The summed E-state index contributed by atoms with van der Waals surface area (Å²) < 4.78 is 37.7. The van der Waals surface area contributed by atoms with Crippen molar-refractivity contribution in [2.75, 3.05) is 11.5 Å². The van der Waals surface area contributed by atoms with E-state index in [-0.39, 0.29) is 22.6 Å². The smallest absolute Gasteiger partial charge is 0.385 e. The number of hydrogen-bond donors (Lipinski definition) is 2. The summed E-state index contributed by atoms with van der Waals surface area (Å²) in [6, 6.07) is 4.26. The lowest BCUT2D eigenvalue weighted by Crippen LogP contribution is -2.53. The Hall–Kier alpha value is -1.36. The highest BCUT2D eigenvalue weighted by molar-refractivity contribution is 5.57. The second-order valence-corrected chi connectivity index (χ2v) is 15.0. The Labute approximate surface area is 236 Å². The maximum absolute atomic E-state index is 15.9. The third kappa shape index (κ3) is 5.24. The van der Waals surface area contributed by atoms with Crippen LogP contribution in [0.1, 0.15) is 117 Å². The van der Waals surface area contributed by atoms with Crippen molar-refractivity contribution in [1.82, 2.24) is 0 Å². The Kier molecular flexibility index (Phi) is 8.07. The lowest BCUT2D eigenvalue weighted by molar-refractivity contribution is -0.282. The first-order chi connectivity index (χ1) is 18.4. The molecule has 3 nitrogen and oxygen atoms in total. The average molecular weight is 545 g/mol. The minimum absolute atomic E-state index is 0.00627. The third-order valence-corrected chi connectivity index (χ3v) is 12.4. The molecule has 4 aliphatic carbocycles. The zero-order valence-corrected chi connectivity index (χ0v) is 25.2. The van der Waals surface area contributed by atoms with Crippen LogP contribution in [0, 0.1) is 52.3 Å². The van der Waals surface area contributed by atoms with Crippen molar-refractivity contribution in [3.63, 3.8) is 0 Å². The Morgan fingerprint density at radius 3 is 2.44 bits per heavy atom. The van der Waals surface area contributed by atoms with E-state index in [9.17, 15) is 0 Å². The number of halogens is 2. The number of nitrogen functional groups attached to an aromatic ring is 2. The van der Waals surface area contributed by atoms with Crippen LogP contribution >= 0.6 is 0 Å². The molecule has 2 unspecified atom stereocenters. The standard InChI is InChI=1S/C34H54F2N2O/c1-21(2)9-8-10-22(3)31-30(39-34(35,36)27-15-13-24(37)19-29(27)38)20-28-25-14-12-23-11-6-7-17-32(23,4)26(25)16-18-33(28,31)5/h13,15,19,21-23,25-26,28,30-31H,6-12,14,16-18,20,37-38H2,1-5H3/t22-,23?,25-,26+,28+,30?,31+,32+,33+/m1/s1. The summed E-state index contributed by atoms with van der Waals surface area (Å²) in [5.74, 6) is 3.83. The predicted molar refractivity (Wildman–Crippen MR) is 157 cm³/mol. The SMILES string of the molecule is CC(C)CCC[C@@H](C)[C@H]1C(OC(F)(F)c2ccc(N)cc2N)C[C@H]2[C@@H]3CCC4CCCC[C@]4(C)[C@H]3CC[C@]12C. The number of fused-ring (bicyclic) bond motifs is 5. The molecule has 0 amide bonds. The topological polar surface area (TPSA) is 61.3 Å². The molecule has 0 aromatic heterocycles. The first-order valence-corrected chi connectivity index (χ1v) is 16.1. The summed E-state index contributed by atoms with van der Waals surface area (Å²) in [6.07, 6.45) is 10.7. The molecule has 4 aliphatic rings. The first-order valence-electron chi connectivity index (χ1n) is 16.1. The lowest BCUT2D eigenvalue weighted by atomic mass is 9.44. The molecule has 5 heteroatoms. The van der Waals surface area contributed by atoms with Crippen LogP contribution in [0.2, 0.25) is 0 Å². The summed E-state index contributed by atoms with van der Waals surface area (Å²) in [7, 11) is 0. The maximum atomic E-state index is 15.9. The Morgan fingerprint density at radius 2 is 1.72 bits per heavy atom. The Balaban J connectivity index is 1.44. The average Bonchev–Trinajstić information content (AvgIpc) is 3.14. The monoisotopic (exact) mass is 544 g/mol. The Morgan fingerprint density at radius 1 is 0.949 bits per heavy atom. The molecule has 9 atom stereocenters. The van der Waals surface area contributed by atoms with Gasteiger partial charge in [0.15, 0.2) is 0 Å². The van der Waals surface area contributed by atoms with Crippen LogP contribution in [-0.4, -0.2) is 6.10 Å². The van der Waals surface area contributed by atoms with Gasteiger partial charge in [0.25, 0.3) is 0 Å². The normalized spacial score (nSPS) is 39.2. The molecule has 1 aromatic rings. The van der Waals surface area contributed by atoms with Crippen LogP contribution in [-0.2, 0) is 10.8 Å². The fraction of sp³-hybridized carbons (Fsp3) is 0.824. The summed E-state index contributed by atoms with van der Waals surface area (Å²) in [5, 5.41) is 0. The first kappa shape index (κ1) is 29.1. The highest BCUT2D eigenvalue weighted by Crippen LogP contribution is 2.69. The minimum atomic E-state index is -3.44. The third-order valence-electron chi connectivity index (χ3n) is 12.4. The molecule has 220 valence electrons. The molecule has 4 N–H and O–H groups in total. The number of anilines is 2. The molecular weight excluding hydrogens is 490 g/mol. The van der Waals surface area contributed by atoms with Gasteiger partial charge in [-0.1, -0.05) is 66.7 Å². The quantitative estimate of drug-likeness (QED) is 0.320. The molecule has 4 saturated carbocycles. The number of alkyl halides is 2. The highest BCUT2D eigenvalue weighted by Gasteiger charge is 2.63. The number of benzene rings is 1. The van der Waals surface area contributed by atoms with E-state index in [1.807, 2.05) is 0 Å². The van der Waals surface area contributed by atoms with Gasteiger partial charge in [0.2, 0.25) is 0 Å².